The fourth-order valence-corrected chi connectivity index (χ4v) is 4.41. The Morgan fingerprint density at radius 3 is 1.47 bits per heavy atom. The molecule has 1 atom stereocenters. The summed E-state index contributed by atoms with van der Waals surface area (Å²) in [5.41, 5.74) is 0. The van der Waals surface area contributed by atoms with Crippen LogP contribution in [0.25, 0.3) is 0 Å². The van der Waals surface area contributed by atoms with E-state index in [-0.39, 0.29) is 12.8 Å². The third-order valence-electron chi connectivity index (χ3n) is 5.60. The molecule has 1 unspecified atom stereocenters. The van der Waals surface area contributed by atoms with Crippen molar-refractivity contribution in [1.82, 2.24) is 5.32 Å². The van der Waals surface area contributed by atoms with E-state index in [2.05, 4.69) is 12.2 Å². The van der Waals surface area contributed by atoms with Crippen LogP contribution in [0.5, 0.6) is 0 Å². The second kappa shape index (κ2) is 17.7. The number of rotatable bonds is 22. The molecule has 0 aromatic carbocycles. The highest BCUT2D eigenvalue weighted by Crippen LogP contribution is 2.18. The Morgan fingerprint density at radius 2 is 1.17 bits per heavy atom. The van der Waals surface area contributed by atoms with Gasteiger partial charge in [0.2, 0.25) is 0 Å². The zero-order chi connectivity index (χ0) is 22.7. The molecule has 0 radical (unpaired) electrons. The number of aliphatic carboxylic acids is 1. The van der Waals surface area contributed by atoms with Crippen molar-refractivity contribution in [2.45, 2.75) is 121 Å². The highest BCUT2D eigenvalue weighted by molar-refractivity contribution is 7.88. The number of hydrogen-bond acceptors (Lipinski definition) is 5. The van der Waals surface area contributed by atoms with Crippen LogP contribution in [-0.4, -0.2) is 41.7 Å². The largest absolute Gasteiger partial charge is 0.479 e. The Bertz CT molecular complexity index is 552. The molecule has 0 aromatic heterocycles. The standard InChI is InChI=1S/C22H43NO6S/c1-2-3-4-5-6-7-8-9-10-11-12-13-14-15-16-17-19-23-22(18-20-24,21(25)26)30(27,28)29/h20,23H,2-19H2,1H3,(H,25,26)(H,27,28,29). The van der Waals surface area contributed by atoms with Gasteiger partial charge in [-0.15, -0.1) is 0 Å². The molecule has 8 heteroatoms. The molecule has 0 amide bonds. The van der Waals surface area contributed by atoms with Crippen LogP contribution in [0.2, 0.25) is 0 Å². The van der Waals surface area contributed by atoms with Crippen molar-refractivity contribution >= 4 is 22.4 Å². The molecule has 178 valence electrons. The van der Waals surface area contributed by atoms with Crippen molar-refractivity contribution in [1.29, 1.82) is 0 Å². The number of carboxylic acids is 1. The van der Waals surface area contributed by atoms with Crippen LogP contribution >= 0.6 is 0 Å². The maximum Gasteiger partial charge on any atom is 0.342 e. The first kappa shape index (κ1) is 29.0. The van der Waals surface area contributed by atoms with Crippen LogP contribution in [0, 0.1) is 0 Å². The van der Waals surface area contributed by atoms with E-state index in [9.17, 15) is 22.6 Å². The van der Waals surface area contributed by atoms with Crippen molar-refractivity contribution in [3.8, 4) is 0 Å². The molecule has 0 aliphatic heterocycles. The lowest BCUT2D eigenvalue weighted by molar-refractivity contribution is -0.142. The summed E-state index contributed by atoms with van der Waals surface area (Å²) in [6, 6.07) is 0. The van der Waals surface area contributed by atoms with Crippen molar-refractivity contribution in [2.24, 2.45) is 0 Å². The van der Waals surface area contributed by atoms with Gasteiger partial charge in [-0.3, -0.25) is 9.87 Å². The van der Waals surface area contributed by atoms with Crippen LogP contribution in [0.1, 0.15) is 116 Å². The van der Waals surface area contributed by atoms with Crippen LogP contribution in [0.3, 0.4) is 0 Å². The SMILES string of the molecule is CCCCCCCCCCCCCCCCCCNC(CC=O)(C(=O)O)S(=O)(=O)O. The molecule has 0 fully saturated rings. The first-order valence-corrected chi connectivity index (χ1v) is 13.1. The third kappa shape index (κ3) is 12.6. The molecule has 0 spiro atoms. The van der Waals surface area contributed by atoms with Gasteiger partial charge in [0.25, 0.3) is 15.0 Å². The Kier molecular flexibility index (Phi) is 17.1. The highest BCUT2D eigenvalue weighted by atomic mass is 32.2. The zero-order valence-corrected chi connectivity index (χ0v) is 19.6. The molecule has 30 heavy (non-hydrogen) atoms. The van der Waals surface area contributed by atoms with Crippen molar-refractivity contribution in [2.75, 3.05) is 6.54 Å². The first-order chi connectivity index (χ1) is 14.3. The molecular formula is C22H43NO6S. The lowest BCUT2D eigenvalue weighted by Crippen LogP contribution is -2.58. The van der Waals surface area contributed by atoms with E-state index in [1.54, 1.807) is 0 Å². The molecule has 0 saturated heterocycles. The van der Waals surface area contributed by atoms with Gasteiger partial charge in [0.05, 0.1) is 0 Å². The summed E-state index contributed by atoms with van der Waals surface area (Å²) in [6.45, 7) is 2.35. The maximum atomic E-state index is 11.4. The second-order valence-electron chi connectivity index (χ2n) is 8.21. The van der Waals surface area contributed by atoms with Gasteiger partial charge in [-0.05, 0) is 13.0 Å². The molecular weight excluding hydrogens is 406 g/mol. The zero-order valence-electron chi connectivity index (χ0n) is 18.7. The summed E-state index contributed by atoms with van der Waals surface area (Å²) in [4.78, 5) is 19.3. The number of carboxylic acid groups (broad SMARTS) is 1. The number of hydrogen-bond donors (Lipinski definition) is 3. The summed E-state index contributed by atoms with van der Waals surface area (Å²) < 4.78 is 32.1. The van der Waals surface area contributed by atoms with E-state index in [0.717, 1.165) is 19.3 Å². The fraction of sp³-hybridized carbons (Fsp3) is 0.909. The Balaban J connectivity index is 3.65. The lowest BCUT2D eigenvalue weighted by Gasteiger charge is -2.25. The summed E-state index contributed by atoms with van der Waals surface area (Å²) in [5.74, 6) is -1.77. The Hall–Kier alpha value is -0.990. The summed E-state index contributed by atoms with van der Waals surface area (Å²) >= 11 is 0. The molecule has 7 nitrogen and oxygen atoms in total. The minimum absolute atomic E-state index is 0.109. The van der Waals surface area contributed by atoms with Gasteiger partial charge < -0.3 is 9.90 Å². The van der Waals surface area contributed by atoms with Crippen LogP contribution in [0.15, 0.2) is 0 Å². The smallest absolute Gasteiger partial charge is 0.342 e. The Morgan fingerprint density at radius 1 is 0.800 bits per heavy atom. The van der Waals surface area contributed by atoms with Crippen molar-refractivity contribution in [3.63, 3.8) is 0 Å². The maximum absolute atomic E-state index is 11.4. The molecule has 0 aliphatic rings. The molecule has 0 aromatic rings. The lowest BCUT2D eigenvalue weighted by atomic mass is 10.0. The number of carbonyl (C=O) groups is 2. The topological polar surface area (TPSA) is 121 Å². The van der Waals surface area contributed by atoms with E-state index in [0.29, 0.717) is 6.42 Å². The minimum atomic E-state index is -4.95. The highest BCUT2D eigenvalue weighted by Gasteiger charge is 2.50. The predicted octanol–water partition coefficient (Wildman–Crippen LogP) is 5.10. The molecule has 0 bridgehead atoms. The van der Waals surface area contributed by atoms with E-state index in [1.165, 1.54) is 77.0 Å². The first-order valence-electron chi connectivity index (χ1n) is 11.7. The number of unbranched alkanes of at least 4 members (excludes halogenated alkanes) is 15. The van der Waals surface area contributed by atoms with Crippen molar-refractivity contribution in [3.05, 3.63) is 0 Å². The van der Waals surface area contributed by atoms with Gasteiger partial charge in [0.15, 0.2) is 0 Å². The quantitative estimate of drug-likeness (QED) is 0.119. The van der Waals surface area contributed by atoms with Gasteiger partial charge in [-0.1, -0.05) is 103 Å². The summed E-state index contributed by atoms with van der Waals surface area (Å²) in [6.07, 6.45) is 18.7. The molecule has 0 rings (SSSR count). The molecule has 0 heterocycles. The van der Waals surface area contributed by atoms with E-state index < -0.39 is 27.4 Å². The van der Waals surface area contributed by atoms with Gasteiger partial charge in [0.1, 0.15) is 6.29 Å². The van der Waals surface area contributed by atoms with E-state index >= 15 is 0 Å². The normalized spacial score (nSPS) is 13.8. The molecule has 0 aliphatic carbocycles. The third-order valence-corrected chi connectivity index (χ3v) is 6.96. The van der Waals surface area contributed by atoms with Crippen LogP contribution in [-0.2, 0) is 19.7 Å². The average Bonchev–Trinajstić information content (AvgIpc) is 2.68. The van der Waals surface area contributed by atoms with Crippen molar-refractivity contribution < 1.29 is 27.7 Å². The van der Waals surface area contributed by atoms with Crippen LogP contribution < -0.4 is 5.32 Å². The average molecular weight is 450 g/mol. The van der Waals surface area contributed by atoms with Crippen LogP contribution in [0.4, 0.5) is 0 Å². The Labute approximate surface area is 183 Å². The fourth-order valence-electron chi connectivity index (χ4n) is 3.62. The number of aldehydes is 1. The minimum Gasteiger partial charge on any atom is -0.479 e. The van der Waals surface area contributed by atoms with Gasteiger partial charge in [0, 0.05) is 6.42 Å². The molecule has 3 N–H and O–H groups in total. The number of carbonyl (C=O) groups excluding carboxylic acids is 1. The van der Waals surface area contributed by atoms with Gasteiger partial charge >= 0.3 is 5.97 Å². The number of nitrogens with one attached hydrogen (secondary N) is 1. The van der Waals surface area contributed by atoms with E-state index in [1.807, 2.05) is 0 Å². The molecule has 0 saturated carbocycles. The van der Waals surface area contributed by atoms with E-state index in [4.69, 9.17) is 5.11 Å². The second-order valence-corrected chi connectivity index (χ2v) is 9.86. The van der Waals surface area contributed by atoms with Gasteiger partial charge in [-0.2, -0.15) is 8.42 Å². The summed E-state index contributed by atoms with van der Waals surface area (Å²) in [5, 5.41) is 11.5. The van der Waals surface area contributed by atoms with Gasteiger partial charge in [-0.25, -0.2) is 4.79 Å². The monoisotopic (exact) mass is 449 g/mol. The summed E-state index contributed by atoms with van der Waals surface area (Å²) in [7, 11) is -4.95. The predicted molar refractivity (Wildman–Crippen MR) is 120 cm³/mol.